The molecular weight excluding hydrogens is 605 g/mol. The Hall–Kier alpha value is -4.14. The number of aliphatic carboxylic acids is 1. The number of hydrogen-bond acceptors (Lipinski definition) is 15. The number of hydrogen-bond donors (Lipinski definition) is 5. The van der Waals surface area contributed by atoms with E-state index in [9.17, 15) is 29.5 Å². The van der Waals surface area contributed by atoms with Crippen molar-refractivity contribution < 1.29 is 34.1 Å². The van der Waals surface area contributed by atoms with Gasteiger partial charge in [-0.3, -0.25) is 19.3 Å². The van der Waals surface area contributed by atoms with Crippen molar-refractivity contribution in [2.24, 2.45) is 10.9 Å². The van der Waals surface area contributed by atoms with Crippen molar-refractivity contribution in [2.75, 3.05) is 11.5 Å². The monoisotopic (exact) mass is 621 g/mol. The number of amides is 3. The van der Waals surface area contributed by atoms with Gasteiger partial charge in [-0.05, 0) is 11.5 Å². The minimum atomic E-state index is -1.31. The quantitative estimate of drug-likeness (QED) is 0.0639. The molecule has 3 aromatic heterocycles. The number of nitrogens with zero attached hydrogens (tertiary/aromatic N) is 7. The Morgan fingerprint density at radius 1 is 1.23 bits per heavy atom. The number of nitrogens with one attached hydrogen (secondary N) is 1. The third-order valence-corrected chi connectivity index (χ3v) is 9.34. The number of fused-ring (bicyclic) bond motifs is 1. The normalized spacial score (nSPS) is 18.8. The average Bonchev–Trinajstić information content (AvgIpc) is 3.56. The SMILES string of the molecule is NC(=O)C[n+]1ccc(-c2nsc(SC3=C(C(=O)O)N4C(=O)[C@@H](NC(=O)/C(=N/O)c5nsc(N)n5)C4SC3)n2)cc1. The summed E-state index contributed by atoms with van der Waals surface area (Å²) in [6.45, 7) is 0.0325. The highest BCUT2D eigenvalue weighted by Gasteiger charge is 2.54. The molecular formula is C20H17N10O6S4+. The van der Waals surface area contributed by atoms with Gasteiger partial charge in [-0.25, -0.2) is 9.78 Å². The Kier molecular flexibility index (Phi) is 7.65. The Morgan fingerprint density at radius 3 is 2.60 bits per heavy atom. The number of rotatable bonds is 9. The molecule has 1 saturated heterocycles. The van der Waals surface area contributed by atoms with Crippen LogP contribution in [0, 0.1) is 0 Å². The van der Waals surface area contributed by atoms with Crippen LogP contribution in [0.3, 0.4) is 0 Å². The highest BCUT2D eigenvalue weighted by atomic mass is 32.2. The molecule has 5 heterocycles. The summed E-state index contributed by atoms with van der Waals surface area (Å²) in [5.74, 6) is -2.90. The van der Waals surface area contributed by atoms with Crippen molar-refractivity contribution in [1.82, 2.24) is 28.9 Å². The summed E-state index contributed by atoms with van der Waals surface area (Å²) in [6.07, 6.45) is 3.33. The number of pyridine rings is 1. The maximum Gasteiger partial charge on any atom is 0.353 e. The zero-order chi connectivity index (χ0) is 28.6. The van der Waals surface area contributed by atoms with Crippen molar-refractivity contribution >= 4 is 81.1 Å². The topological polar surface area (TPSA) is 244 Å². The molecule has 40 heavy (non-hydrogen) atoms. The number of carbonyl (C=O) groups excluding carboxylic acids is 3. The lowest BCUT2D eigenvalue weighted by Crippen LogP contribution is -2.71. The number of carboxylic acid groups (broad SMARTS) is 1. The Labute approximate surface area is 240 Å². The van der Waals surface area contributed by atoms with Gasteiger partial charge in [-0.2, -0.15) is 18.3 Å². The third-order valence-electron chi connectivity index (χ3n) is 5.50. The minimum absolute atomic E-state index is 0.0325. The molecule has 2 aliphatic rings. The van der Waals surface area contributed by atoms with E-state index < -0.39 is 40.8 Å². The number of oxime groups is 1. The molecule has 1 fully saturated rings. The maximum atomic E-state index is 13.0. The zero-order valence-electron chi connectivity index (χ0n) is 19.8. The van der Waals surface area contributed by atoms with Gasteiger partial charge in [0, 0.05) is 39.9 Å². The summed E-state index contributed by atoms with van der Waals surface area (Å²) in [5.41, 5.74) is 10.7. The van der Waals surface area contributed by atoms with E-state index in [0.717, 1.165) is 39.7 Å². The van der Waals surface area contributed by atoms with Crippen molar-refractivity contribution in [3.8, 4) is 11.4 Å². The average molecular weight is 622 g/mol. The second-order valence-corrected chi connectivity index (χ2v) is 12.0. The lowest BCUT2D eigenvalue weighted by molar-refractivity contribution is -0.684. The molecule has 16 nitrogen and oxygen atoms in total. The summed E-state index contributed by atoms with van der Waals surface area (Å²) in [5, 5.41) is 23.9. The molecule has 2 atom stereocenters. The fourth-order valence-electron chi connectivity index (χ4n) is 3.77. The van der Waals surface area contributed by atoms with Crippen LogP contribution in [0.15, 0.2) is 44.6 Å². The standard InChI is InChI=1S/C20H16N10O6S4/c21-9(31)5-29-3-1-7(2-4-29)13-25-20(40-27-13)38-8-6-37-17-11(16(33)30(17)12(8)18(34)35)23-15(32)10(26-36)14-24-19(22)39-28-14/h1-4,11,17H,5-6H2,(H6-,21,22,23,24,28,31,32,34,35,36)/p+1/t11-,17?/m1/s1. The number of primary amides is 1. The molecule has 206 valence electrons. The molecule has 5 rings (SSSR count). The van der Waals surface area contributed by atoms with Crippen LogP contribution in [0.1, 0.15) is 5.82 Å². The first kappa shape index (κ1) is 27.4. The van der Waals surface area contributed by atoms with Gasteiger partial charge in [-0.15, -0.1) is 11.8 Å². The zero-order valence-corrected chi connectivity index (χ0v) is 23.1. The summed E-state index contributed by atoms with van der Waals surface area (Å²) in [6, 6.07) is 2.39. The molecule has 20 heteroatoms. The molecule has 0 radical (unpaired) electrons. The van der Waals surface area contributed by atoms with Crippen LogP contribution >= 0.6 is 46.6 Å². The molecule has 0 aromatic carbocycles. The van der Waals surface area contributed by atoms with Crippen LogP contribution in [0.25, 0.3) is 11.4 Å². The maximum absolute atomic E-state index is 13.0. The van der Waals surface area contributed by atoms with Gasteiger partial charge >= 0.3 is 5.97 Å². The third kappa shape index (κ3) is 5.33. The fraction of sp³-hybridized carbons (Fsp3) is 0.200. The summed E-state index contributed by atoms with van der Waals surface area (Å²) >= 11 is 4.21. The summed E-state index contributed by atoms with van der Waals surface area (Å²) < 4.78 is 10.2. The lowest BCUT2D eigenvalue weighted by atomic mass is 10.0. The fourth-order valence-corrected chi connectivity index (χ4v) is 7.46. The molecule has 7 N–H and O–H groups in total. The first-order valence-corrected chi connectivity index (χ1v) is 14.4. The van der Waals surface area contributed by atoms with E-state index in [1.165, 1.54) is 11.8 Å². The largest absolute Gasteiger partial charge is 0.477 e. The molecule has 2 aliphatic heterocycles. The number of nitrogens with two attached hydrogens (primary N) is 2. The van der Waals surface area contributed by atoms with E-state index in [1.54, 1.807) is 29.1 Å². The first-order valence-electron chi connectivity index (χ1n) is 11.0. The van der Waals surface area contributed by atoms with Crippen molar-refractivity contribution in [3.05, 3.63) is 41.0 Å². The Morgan fingerprint density at radius 2 is 1.98 bits per heavy atom. The molecule has 0 aliphatic carbocycles. The highest BCUT2D eigenvalue weighted by Crippen LogP contribution is 2.45. The van der Waals surface area contributed by atoms with E-state index in [0.29, 0.717) is 20.6 Å². The second kappa shape index (κ2) is 11.2. The van der Waals surface area contributed by atoms with Crippen molar-refractivity contribution in [2.45, 2.75) is 22.3 Å². The van der Waals surface area contributed by atoms with E-state index in [4.69, 9.17) is 11.5 Å². The van der Waals surface area contributed by atoms with Gasteiger partial charge in [0.25, 0.3) is 17.7 Å². The highest BCUT2D eigenvalue weighted by molar-refractivity contribution is 8.07. The van der Waals surface area contributed by atoms with E-state index in [2.05, 4.69) is 29.2 Å². The van der Waals surface area contributed by atoms with Crippen LogP contribution in [0.5, 0.6) is 0 Å². The predicted octanol–water partition coefficient (Wildman–Crippen LogP) is -0.922. The van der Waals surface area contributed by atoms with Crippen LogP contribution in [-0.4, -0.2) is 80.5 Å². The van der Waals surface area contributed by atoms with Crippen molar-refractivity contribution in [1.29, 1.82) is 0 Å². The van der Waals surface area contributed by atoms with Crippen LogP contribution in [0.2, 0.25) is 0 Å². The number of β-lactam (4-membered cyclic amide) rings is 1. The van der Waals surface area contributed by atoms with E-state index in [1.807, 2.05) is 0 Å². The summed E-state index contributed by atoms with van der Waals surface area (Å²) in [4.78, 5) is 58.6. The Balaban J connectivity index is 1.30. The molecule has 0 saturated carbocycles. The van der Waals surface area contributed by atoms with E-state index >= 15 is 0 Å². The number of thioether (sulfide) groups is 2. The summed E-state index contributed by atoms with van der Waals surface area (Å²) in [7, 11) is 0. The van der Waals surface area contributed by atoms with E-state index in [-0.39, 0.29) is 29.0 Å². The van der Waals surface area contributed by atoms with Gasteiger partial charge in [-0.1, -0.05) is 16.9 Å². The van der Waals surface area contributed by atoms with Gasteiger partial charge in [0.1, 0.15) is 17.1 Å². The van der Waals surface area contributed by atoms with Crippen LogP contribution < -0.4 is 21.4 Å². The Bertz CT molecular complexity index is 1590. The van der Waals surface area contributed by atoms with Crippen LogP contribution in [0.4, 0.5) is 5.13 Å². The molecule has 3 amide bonds. The molecule has 0 bridgehead atoms. The lowest BCUT2D eigenvalue weighted by Gasteiger charge is -2.49. The van der Waals surface area contributed by atoms with Crippen molar-refractivity contribution in [3.63, 3.8) is 0 Å². The second-order valence-electron chi connectivity index (χ2n) is 8.05. The number of aromatic nitrogens is 5. The molecule has 3 aromatic rings. The van der Waals surface area contributed by atoms with Gasteiger partial charge in [0.15, 0.2) is 27.7 Å². The van der Waals surface area contributed by atoms with Gasteiger partial charge in [0.05, 0.1) is 0 Å². The van der Waals surface area contributed by atoms with Crippen LogP contribution in [-0.2, 0) is 25.7 Å². The minimum Gasteiger partial charge on any atom is -0.477 e. The molecule has 1 unspecified atom stereocenters. The smallest absolute Gasteiger partial charge is 0.353 e. The number of anilines is 1. The number of carboxylic acids is 1. The number of nitrogen functional groups attached to an aromatic ring is 1. The predicted molar refractivity (Wildman–Crippen MR) is 143 cm³/mol. The molecule has 0 spiro atoms. The first-order chi connectivity index (χ1) is 19.2. The van der Waals surface area contributed by atoms with Gasteiger partial charge in [0.2, 0.25) is 18.1 Å². The van der Waals surface area contributed by atoms with Gasteiger partial charge < -0.3 is 27.1 Å². The number of carbonyl (C=O) groups is 4.